The van der Waals surface area contributed by atoms with Crippen molar-refractivity contribution < 1.29 is 14.7 Å². The van der Waals surface area contributed by atoms with Gasteiger partial charge in [0.2, 0.25) is 5.91 Å². The van der Waals surface area contributed by atoms with Crippen LogP contribution >= 0.6 is 11.8 Å². The highest BCUT2D eigenvalue weighted by Gasteiger charge is 2.20. The van der Waals surface area contributed by atoms with E-state index < -0.39 is 12.0 Å². The second-order valence-corrected chi connectivity index (χ2v) is 6.17. The molecule has 0 bridgehead atoms. The number of aliphatic carboxylic acids is 1. The lowest BCUT2D eigenvalue weighted by atomic mass is 10.0. The van der Waals surface area contributed by atoms with Gasteiger partial charge in [-0.2, -0.15) is 0 Å². The number of carboxylic acids is 1. The molecule has 0 fully saturated rings. The normalized spacial score (nSPS) is 12.2. The Balaban J connectivity index is 2.33. The minimum atomic E-state index is -0.970. The Labute approximate surface area is 124 Å². The van der Waals surface area contributed by atoms with Crippen molar-refractivity contribution in [2.24, 2.45) is 5.92 Å². The third-order valence-electron chi connectivity index (χ3n) is 2.68. The number of benzene rings is 1. The van der Waals surface area contributed by atoms with E-state index in [1.165, 1.54) is 0 Å². The molecule has 1 amide bonds. The van der Waals surface area contributed by atoms with E-state index in [-0.39, 0.29) is 11.8 Å². The molecule has 0 spiro atoms. The first kappa shape index (κ1) is 16.6. The van der Waals surface area contributed by atoms with E-state index in [1.807, 2.05) is 44.2 Å². The van der Waals surface area contributed by atoms with Crippen molar-refractivity contribution in [3.8, 4) is 0 Å². The summed E-state index contributed by atoms with van der Waals surface area (Å²) in [6.45, 7) is 3.88. The van der Waals surface area contributed by atoms with Crippen molar-refractivity contribution in [2.45, 2.75) is 37.6 Å². The summed E-state index contributed by atoms with van der Waals surface area (Å²) in [6, 6.07) is 9.03. The number of nitrogens with one attached hydrogen (secondary N) is 1. The maximum absolute atomic E-state index is 11.7. The Hall–Kier alpha value is -1.49. The van der Waals surface area contributed by atoms with Crippen LogP contribution in [0, 0.1) is 5.92 Å². The largest absolute Gasteiger partial charge is 0.480 e. The highest BCUT2D eigenvalue weighted by Crippen LogP contribution is 2.17. The molecule has 1 aromatic carbocycles. The summed E-state index contributed by atoms with van der Waals surface area (Å²) in [5.41, 5.74) is 0. The molecule has 0 aliphatic carbocycles. The van der Waals surface area contributed by atoms with Crippen LogP contribution in [-0.2, 0) is 9.59 Å². The fourth-order valence-electron chi connectivity index (χ4n) is 1.74. The number of hydrogen-bond donors (Lipinski definition) is 2. The van der Waals surface area contributed by atoms with Crippen molar-refractivity contribution >= 4 is 23.6 Å². The van der Waals surface area contributed by atoms with Crippen molar-refractivity contribution in [2.75, 3.05) is 5.75 Å². The van der Waals surface area contributed by atoms with Gasteiger partial charge in [-0.15, -0.1) is 11.8 Å². The standard InChI is InChI=1S/C15H21NO3S/c1-11(2)10-13(15(18)19)16-14(17)8-9-20-12-6-4-3-5-7-12/h3-7,11,13H,8-10H2,1-2H3,(H,16,17)(H,18,19). The molecule has 1 unspecified atom stereocenters. The van der Waals surface area contributed by atoms with E-state index in [9.17, 15) is 9.59 Å². The quantitative estimate of drug-likeness (QED) is 0.724. The smallest absolute Gasteiger partial charge is 0.326 e. The first-order valence-electron chi connectivity index (χ1n) is 6.69. The minimum Gasteiger partial charge on any atom is -0.480 e. The van der Waals surface area contributed by atoms with Gasteiger partial charge in [-0.05, 0) is 24.5 Å². The zero-order valence-electron chi connectivity index (χ0n) is 11.8. The SMILES string of the molecule is CC(C)CC(NC(=O)CCSc1ccccc1)C(=O)O. The number of rotatable bonds is 8. The number of thioether (sulfide) groups is 1. The van der Waals surface area contributed by atoms with Gasteiger partial charge < -0.3 is 10.4 Å². The molecule has 1 atom stereocenters. The average molecular weight is 295 g/mol. The zero-order valence-corrected chi connectivity index (χ0v) is 12.7. The van der Waals surface area contributed by atoms with Gasteiger partial charge in [-0.25, -0.2) is 4.79 Å². The van der Waals surface area contributed by atoms with E-state index >= 15 is 0 Å². The molecule has 0 heterocycles. The summed E-state index contributed by atoms with van der Waals surface area (Å²) < 4.78 is 0. The predicted molar refractivity (Wildman–Crippen MR) is 80.8 cm³/mol. The predicted octanol–water partition coefficient (Wildman–Crippen LogP) is 2.78. The monoisotopic (exact) mass is 295 g/mol. The first-order valence-corrected chi connectivity index (χ1v) is 7.67. The Morgan fingerprint density at radius 1 is 1.25 bits per heavy atom. The third kappa shape index (κ3) is 6.61. The number of hydrogen-bond acceptors (Lipinski definition) is 3. The molecule has 0 radical (unpaired) electrons. The van der Waals surface area contributed by atoms with Crippen LogP contribution in [-0.4, -0.2) is 28.8 Å². The summed E-state index contributed by atoms with van der Waals surface area (Å²) in [7, 11) is 0. The highest BCUT2D eigenvalue weighted by atomic mass is 32.2. The minimum absolute atomic E-state index is 0.207. The fourth-order valence-corrected chi connectivity index (χ4v) is 2.61. The van der Waals surface area contributed by atoms with Crippen LogP contribution in [0.2, 0.25) is 0 Å². The van der Waals surface area contributed by atoms with E-state index in [2.05, 4.69) is 5.32 Å². The average Bonchev–Trinajstić information content (AvgIpc) is 2.38. The Morgan fingerprint density at radius 2 is 1.90 bits per heavy atom. The van der Waals surface area contributed by atoms with Gasteiger partial charge in [0, 0.05) is 17.1 Å². The molecule has 110 valence electrons. The molecule has 2 N–H and O–H groups in total. The summed E-state index contributed by atoms with van der Waals surface area (Å²) >= 11 is 1.59. The van der Waals surface area contributed by atoms with Gasteiger partial charge in [-0.1, -0.05) is 32.0 Å². The molecule has 0 saturated carbocycles. The number of amides is 1. The molecule has 0 aliphatic rings. The highest BCUT2D eigenvalue weighted by molar-refractivity contribution is 7.99. The van der Waals surface area contributed by atoms with Crippen LogP contribution in [0.15, 0.2) is 35.2 Å². The van der Waals surface area contributed by atoms with Gasteiger partial charge in [0.05, 0.1) is 0 Å². The molecule has 5 heteroatoms. The van der Waals surface area contributed by atoms with Gasteiger partial charge in [0.1, 0.15) is 6.04 Å². The number of carbonyl (C=O) groups excluding carboxylic acids is 1. The number of carboxylic acid groups (broad SMARTS) is 1. The molecular weight excluding hydrogens is 274 g/mol. The van der Waals surface area contributed by atoms with Crippen LogP contribution in [0.5, 0.6) is 0 Å². The van der Waals surface area contributed by atoms with Crippen molar-refractivity contribution in [3.05, 3.63) is 30.3 Å². The lowest BCUT2D eigenvalue weighted by molar-refractivity contribution is -0.142. The zero-order chi connectivity index (χ0) is 15.0. The molecular formula is C15H21NO3S. The second-order valence-electron chi connectivity index (χ2n) is 5.00. The fraction of sp³-hybridized carbons (Fsp3) is 0.467. The molecule has 20 heavy (non-hydrogen) atoms. The molecule has 1 aromatic rings. The number of carbonyl (C=O) groups is 2. The van der Waals surface area contributed by atoms with Gasteiger partial charge in [0.15, 0.2) is 0 Å². The Kier molecular flexibility index (Phi) is 7.15. The van der Waals surface area contributed by atoms with Gasteiger partial charge >= 0.3 is 5.97 Å². The summed E-state index contributed by atoms with van der Waals surface area (Å²) in [6.07, 6.45) is 0.772. The summed E-state index contributed by atoms with van der Waals surface area (Å²) in [5.74, 6) is -0.302. The van der Waals surface area contributed by atoms with E-state index in [0.717, 1.165) is 4.90 Å². The maximum atomic E-state index is 11.7. The second kappa shape index (κ2) is 8.64. The van der Waals surface area contributed by atoms with Crippen molar-refractivity contribution in [1.29, 1.82) is 0 Å². The van der Waals surface area contributed by atoms with E-state index in [4.69, 9.17) is 5.11 Å². The van der Waals surface area contributed by atoms with Crippen molar-refractivity contribution in [3.63, 3.8) is 0 Å². The van der Waals surface area contributed by atoms with Crippen LogP contribution in [0.25, 0.3) is 0 Å². The van der Waals surface area contributed by atoms with E-state index in [0.29, 0.717) is 18.6 Å². The van der Waals surface area contributed by atoms with Gasteiger partial charge in [-0.3, -0.25) is 4.79 Å². The molecule has 1 rings (SSSR count). The maximum Gasteiger partial charge on any atom is 0.326 e. The lowest BCUT2D eigenvalue weighted by Gasteiger charge is -2.16. The van der Waals surface area contributed by atoms with Crippen LogP contribution in [0.4, 0.5) is 0 Å². The van der Waals surface area contributed by atoms with Crippen LogP contribution < -0.4 is 5.32 Å². The topological polar surface area (TPSA) is 66.4 Å². The van der Waals surface area contributed by atoms with Crippen molar-refractivity contribution in [1.82, 2.24) is 5.32 Å². The Morgan fingerprint density at radius 3 is 2.45 bits per heavy atom. The Bertz CT molecular complexity index is 434. The summed E-state index contributed by atoms with van der Waals surface area (Å²) in [5, 5.41) is 11.6. The molecule has 0 aliphatic heterocycles. The molecule has 0 aromatic heterocycles. The summed E-state index contributed by atoms with van der Waals surface area (Å²) in [4.78, 5) is 23.9. The third-order valence-corrected chi connectivity index (χ3v) is 3.70. The first-order chi connectivity index (χ1) is 9.49. The molecule has 0 saturated heterocycles. The van der Waals surface area contributed by atoms with Crippen LogP contribution in [0.3, 0.4) is 0 Å². The van der Waals surface area contributed by atoms with Gasteiger partial charge in [0.25, 0.3) is 0 Å². The molecule has 4 nitrogen and oxygen atoms in total. The lowest BCUT2D eigenvalue weighted by Crippen LogP contribution is -2.41. The van der Waals surface area contributed by atoms with Crippen LogP contribution in [0.1, 0.15) is 26.7 Å². The van der Waals surface area contributed by atoms with E-state index in [1.54, 1.807) is 11.8 Å².